The monoisotopic (exact) mass is 458 g/mol. The first kappa shape index (κ1) is 22.9. The molecule has 1 heterocycles. The maximum Gasteiger partial charge on any atom is 0.311 e. The average molecular weight is 459 g/mol. The Hall–Kier alpha value is -1.82. The van der Waals surface area contributed by atoms with E-state index in [-0.39, 0.29) is 59.3 Å². The van der Waals surface area contributed by atoms with Crippen molar-refractivity contribution in [3.8, 4) is 0 Å². The van der Waals surface area contributed by atoms with Crippen LogP contribution in [0.2, 0.25) is 0 Å². The molecule has 0 radical (unpaired) electrons. The predicted octanol–water partition coefficient (Wildman–Crippen LogP) is 4.39. The first-order valence-electron chi connectivity index (χ1n) is 12.2. The van der Waals surface area contributed by atoms with Crippen molar-refractivity contribution in [2.45, 2.75) is 78.7 Å². The van der Waals surface area contributed by atoms with E-state index < -0.39 is 22.6 Å². The molecular weight excluding hydrogens is 423 g/mol. The first-order chi connectivity index (χ1) is 15.3. The normalized spacial score (nSPS) is 47.6. The number of ether oxygens (including phenoxy) is 2. The second kappa shape index (κ2) is 6.87. The van der Waals surface area contributed by atoms with Gasteiger partial charge in [-0.05, 0) is 87.9 Å². The molecule has 0 aromatic heterocycles. The quantitative estimate of drug-likeness (QED) is 0.463. The van der Waals surface area contributed by atoms with Crippen LogP contribution in [0.1, 0.15) is 60.8 Å². The summed E-state index contributed by atoms with van der Waals surface area (Å²) in [5, 5.41) is 0. The van der Waals surface area contributed by atoms with Gasteiger partial charge in [0.05, 0.1) is 11.5 Å². The van der Waals surface area contributed by atoms with Crippen LogP contribution in [-0.4, -0.2) is 42.0 Å². The first-order valence-corrected chi connectivity index (χ1v) is 12.2. The highest BCUT2D eigenvalue weighted by molar-refractivity contribution is 6.01. The van der Waals surface area contributed by atoms with Crippen LogP contribution < -0.4 is 0 Å². The zero-order valence-corrected chi connectivity index (χ0v) is 20.4. The molecule has 5 nitrogen and oxygen atoms in total. The standard InChI is InChI=1S/C27H35FO5/c1-14-9-16-17-11-19(28)18-10-15(29)7-8-26(18,6)27(17)21(33-27)12-25(16,5)22(14)20(30)13-32-23(31)24(2,3)4/h7-8,10,14,16-17,19,21-22H,9,11-13H2,1-6H3/t14?,16-,17-,19?,21?,22+,25-,26-,27-/m0/s1. The van der Waals surface area contributed by atoms with Gasteiger partial charge in [0.15, 0.2) is 11.6 Å². The minimum absolute atomic E-state index is 0.0198. The van der Waals surface area contributed by atoms with Gasteiger partial charge in [-0.2, -0.15) is 0 Å². The van der Waals surface area contributed by atoms with Gasteiger partial charge in [-0.1, -0.05) is 19.9 Å². The molecule has 9 atom stereocenters. The van der Waals surface area contributed by atoms with Crippen molar-refractivity contribution in [2.75, 3.05) is 6.61 Å². The molecule has 0 aromatic rings. The van der Waals surface area contributed by atoms with E-state index in [0.29, 0.717) is 12.0 Å². The summed E-state index contributed by atoms with van der Waals surface area (Å²) in [5.74, 6) is -0.585. The third kappa shape index (κ3) is 2.95. The van der Waals surface area contributed by atoms with Crippen molar-refractivity contribution in [2.24, 2.45) is 39.9 Å². The van der Waals surface area contributed by atoms with Gasteiger partial charge in [0.25, 0.3) is 0 Å². The maximum atomic E-state index is 15.5. The number of hydrogen-bond acceptors (Lipinski definition) is 5. The number of halogens is 1. The number of alkyl halides is 1. The summed E-state index contributed by atoms with van der Waals surface area (Å²) >= 11 is 0. The van der Waals surface area contributed by atoms with Gasteiger partial charge in [0.2, 0.25) is 0 Å². The number of esters is 1. The molecule has 6 heteroatoms. The zero-order chi connectivity index (χ0) is 24.1. The van der Waals surface area contributed by atoms with Crippen LogP contribution in [0.25, 0.3) is 0 Å². The van der Waals surface area contributed by atoms with Crippen molar-refractivity contribution in [1.82, 2.24) is 0 Å². The number of rotatable bonds is 3. The SMILES string of the molecule is CC1C[C@H]2[C@@H]3CC(F)C4=CC(=O)C=C[C@]4(C)[C@]34OC4C[C@]2(C)[C@H]1C(=O)COC(=O)C(C)(C)C. The number of epoxide rings is 1. The fourth-order valence-corrected chi connectivity index (χ4v) is 8.14. The van der Waals surface area contributed by atoms with Crippen molar-refractivity contribution < 1.29 is 28.2 Å². The van der Waals surface area contributed by atoms with Crippen LogP contribution >= 0.6 is 0 Å². The summed E-state index contributed by atoms with van der Waals surface area (Å²) in [6.07, 6.45) is 5.49. The van der Waals surface area contributed by atoms with Gasteiger partial charge in [-0.25, -0.2) is 4.39 Å². The van der Waals surface area contributed by atoms with Crippen LogP contribution in [0.4, 0.5) is 4.39 Å². The Morgan fingerprint density at radius 1 is 1.21 bits per heavy atom. The second-order valence-corrected chi connectivity index (χ2v) is 12.5. The Labute approximate surface area is 195 Å². The lowest BCUT2D eigenvalue weighted by Crippen LogP contribution is -2.59. The van der Waals surface area contributed by atoms with Gasteiger partial charge in [0.1, 0.15) is 18.4 Å². The van der Waals surface area contributed by atoms with E-state index in [0.717, 1.165) is 12.8 Å². The van der Waals surface area contributed by atoms with Crippen molar-refractivity contribution >= 4 is 17.5 Å². The van der Waals surface area contributed by atoms with Gasteiger partial charge >= 0.3 is 5.97 Å². The Bertz CT molecular complexity index is 991. The van der Waals surface area contributed by atoms with Crippen LogP contribution in [-0.2, 0) is 23.9 Å². The Morgan fingerprint density at radius 3 is 2.58 bits per heavy atom. The number of hydrogen-bond donors (Lipinski definition) is 0. The number of carbonyl (C=O) groups excluding carboxylic acids is 3. The molecule has 1 saturated heterocycles. The summed E-state index contributed by atoms with van der Waals surface area (Å²) in [4.78, 5) is 37.6. The smallest absolute Gasteiger partial charge is 0.311 e. The summed E-state index contributed by atoms with van der Waals surface area (Å²) in [7, 11) is 0. The molecule has 0 N–H and O–H groups in total. The fraction of sp³-hybridized carbons (Fsp3) is 0.741. The molecule has 0 bridgehead atoms. The lowest BCUT2D eigenvalue weighted by Gasteiger charge is -2.55. The van der Waals surface area contributed by atoms with Gasteiger partial charge < -0.3 is 9.47 Å². The third-order valence-corrected chi connectivity index (χ3v) is 9.57. The highest BCUT2D eigenvalue weighted by Gasteiger charge is 2.80. The minimum atomic E-state index is -1.19. The van der Waals surface area contributed by atoms with Crippen LogP contribution in [0, 0.1) is 39.9 Å². The Morgan fingerprint density at radius 2 is 1.91 bits per heavy atom. The van der Waals surface area contributed by atoms with Crippen molar-refractivity contribution in [3.63, 3.8) is 0 Å². The van der Waals surface area contributed by atoms with E-state index in [1.165, 1.54) is 6.08 Å². The average Bonchev–Trinajstić information content (AvgIpc) is 3.36. The molecule has 5 aliphatic rings. The topological polar surface area (TPSA) is 73.0 Å². The van der Waals surface area contributed by atoms with Gasteiger partial charge in [-0.3, -0.25) is 14.4 Å². The highest BCUT2D eigenvalue weighted by atomic mass is 19.1. The lowest BCUT2D eigenvalue weighted by atomic mass is 9.47. The summed E-state index contributed by atoms with van der Waals surface area (Å²) in [6.45, 7) is 11.4. The van der Waals surface area contributed by atoms with Crippen LogP contribution in [0.5, 0.6) is 0 Å². The number of Topliss-reactive ketones (excluding diaryl/α,β-unsaturated/α-hetero) is 1. The minimum Gasteiger partial charge on any atom is -0.457 e. The third-order valence-electron chi connectivity index (χ3n) is 9.57. The largest absolute Gasteiger partial charge is 0.457 e. The Balaban J connectivity index is 1.44. The molecule has 0 aromatic carbocycles. The summed E-state index contributed by atoms with van der Waals surface area (Å²) < 4.78 is 27.4. The summed E-state index contributed by atoms with van der Waals surface area (Å²) in [6, 6.07) is 0. The lowest BCUT2D eigenvalue weighted by molar-refractivity contribution is -0.158. The van der Waals surface area contributed by atoms with E-state index in [2.05, 4.69) is 13.8 Å². The van der Waals surface area contributed by atoms with E-state index >= 15 is 4.39 Å². The number of allylic oxidation sites excluding steroid dienone is 2. The van der Waals surface area contributed by atoms with Crippen molar-refractivity contribution in [3.05, 3.63) is 23.8 Å². The zero-order valence-electron chi connectivity index (χ0n) is 20.4. The molecule has 3 saturated carbocycles. The fourth-order valence-electron chi connectivity index (χ4n) is 8.14. The maximum absolute atomic E-state index is 15.5. The van der Waals surface area contributed by atoms with E-state index in [1.807, 2.05) is 13.0 Å². The number of fused-ring (bicyclic) bond motifs is 3. The molecule has 33 heavy (non-hydrogen) atoms. The van der Waals surface area contributed by atoms with Gasteiger partial charge in [-0.15, -0.1) is 0 Å². The summed E-state index contributed by atoms with van der Waals surface area (Å²) in [5.41, 5.74) is -1.58. The molecule has 5 rings (SSSR count). The number of carbonyl (C=O) groups is 3. The molecular formula is C27H35FO5. The van der Waals surface area contributed by atoms with E-state index in [1.54, 1.807) is 26.8 Å². The van der Waals surface area contributed by atoms with Crippen LogP contribution in [0.3, 0.4) is 0 Å². The molecule has 1 spiro atoms. The molecule has 180 valence electrons. The molecule has 1 aliphatic heterocycles. The molecule has 0 amide bonds. The molecule has 4 fully saturated rings. The number of ketones is 2. The molecule has 4 aliphatic carbocycles. The van der Waals surface area contributed by atoms with E-state index in [4.69, 9.17) is 9.47 Å². The highest BCUT2D eigenvalue weighted by Crippen LogP contribution is 2.76. The van der Waals surface area contributed by atoms with Crippen LogP contribution in [0.15, 0.2) is 23.8 Å². The second-order valence-electron chi connectivity index (χ2n) is 12.5. The Kier molecular flexibility index (Phi) is 4.77. The molecule has 3 unspecified atom stereocenters. The van der Waals surface area contributed by atoms with Crippen molar-refractivity contribution in [1.29, 1.82) is 0 Å². The van der Waals surface area contributed by atoms with Gasteiger partial charge in [0, 0.05) is 11.3 Å². The predicted molar refractivity (Wildman–Crippen MR) is 120 cm³/mol. The van der Waals surface area contributed by atoms with E-state index in [9.17, 15) is 14.4 Å².